The number of allylic oxidation sites excluding steroid dienone is 1. The van der Waals surface area contributed by atoms with Crippen LogP contribution in [0.3, 0.4) is 0 Å². The average Bonchev–Trinajstić information content (AvgIpc) is 1.85. The highest BCUT2D eigenvalue weighted by Gasteiger charge is 2.15. The molecule has 2 nitrogen and oxygen atoms in total. The Morgan fingerprint density at radius 3 is 1.58 bits per heavy atom. The Kier molecular flexibility index (Phi) is 4.32. The van der Waals surface area contributed by atoms with Crippen molar-refractivity contribution in [2.45, 2.75) is 46.7 Å². The Balaban J connectivity index is 4.40. The van der Waals surface area contributed by atoms with Gasteiger partial charge in [0.1, 0.15) is 0 Å². The zero-order valence-electron chi connectivity index (χ0n) is 9.26. The number of nitrogens with zero attached hydrogens (tertiary/aromatic N) is 2. The molecule has 0 aromatic heterocycles. The van der Waals surface area contributed by atoms with Crippen LogP contribution in [-0.2, 0) is 0 Å². The van der Waals surface area contributed by atoms with Crippen molar-refractivity contribution in [3.05, 3.63) is 12.3 Å². The Labute approximate surface area is 76.8 Å². The van der Waals surface area contributed by atoms with Gasteiger partial charge in [0.15, 0.2) is 0 Å². The standard InChI is InChI=1S/C10H22N2/c1-8(2)11(7)12(9(3)4)10(5)6/h8,10H,3H2,1-2,4-7H3. The SMILES string of the molecule is C=C(C)N(C(C)C)N(C)C(C)C. The maximum Gasteiger partial charge on any atom is 0.0397 e. The minimum atomic E-state index is 0.481. The normalized spacial score (nSPS) is 11.4. The third kappa shape index (κ3) is 2.86. The van der Waals surface area contributed by atoms with E-state index in [1.165, 1.54) is 0 Å². The van der Waals surface area contributed by atoms with Gasteiger partial charge in [-0.1, -0.05) is 6.58 Å². The van der Waals surface area contributed by atoms with E-state index in [1.54, 1.807) is 0 Å². The summed E-state index contributed by atoms with van der Waals surface area (Å²) in [5, 5.41) is 4.43. The fourth-order valence-corrected chi connectivity index (χ4v) is 1.32. The van der Waals surface area contributed by atoms with E-state index in [-0.39, 0.29) is 0 Å². The molecule has 0 spiro atoms. The highest BCUT2D eigenvalue weighted by molar-refractivity contribution is 4.89. The van der Waals surface area contributed by atoms with Crippen LogP contribution in [0.15, 0.2) is 12.3 Å². The summed E-state index contributed by atoms with van der Waals surface area (Å²) in [6, 6.07) is 0.999. The Hall–Kier alpha value is -0.500. The van der Waals surface area contributed by atoms with Gasteiger partial charge in [0, 0.05) is 24.8 Å². The van der Waals surface area contributed by atoms with Gasteiger partial charge >= 0.3 is 0 Å². The van der Waals surface area contributed by atoms with Crippen molar-refractivity contribution < 1.29 is 0 Å². The van der Waals surface area contributed by atoms with Crippen LogP contribution in [-0.4, -0.2) is 29.1 Å². The van der Waals surface area contributed by atoms with Gasteiger partial charge in [0.2, 0.25) is 0 Å². The summed E-state index contributed by atoms with van der Waals surface area (Å²) in [6.45, 7) is 14.7. The fraction of sp³-hybridized carbons (Fsp3) is 0.800. The zero-order chi connectivity index (χ0) is 9.89. The molecule has 0 unspecified atom stereocenters. The quantitative estimate of drug-likeness (QED) is 0.598. The highest BCUT2D eigenvalue weighted by atomic mass is 15.6. The highest BCUT2D eigenvalue weighted by Crippen LogP contribution is 2.12. The van der Waals surface area contributed by atoms with Crippen molar-refractivity contribution in [1.82, 2.24) is 10.0 Å². The van der Waals surface area contributed by atoms with Crippen LogP contribution in [0, 0.1) is 0 Å². The van der Waals surface area contributed by atoms with Gasteiger partial charge < -0.3 is 5.01 Å². The predicted molar refractivity (Wildman–Crippen MR) is 54.7 cm³/mol. The second-order valence-corrected chi connectivity index (χ2v) is 3.84. The van der Waals surface area contributed by atoms with Gasteiger partial charge in [-0.15, -0.1) is 0 Å². The monoisotopic (exact) mass is 170 g/mol. The summed E-state index contributed by atoms with van der Waals surface area (Å²) in [4.78, 5) is 0. The molecule has 0 heterocycles. The number of hydrogen-bond acceptors (Lipinski definition) is 2. The van der Waals surface area contributed by atoms with Crippen molar-refractivity contribution in [2.75, 3.05) is 7.05 Å². The van der Waals surface area contributed by atoms with Gasteiger partial charge in [-0.2, -0.15) is 0 Å². The van der Waals surface area contributed by atoms with Gasteiger partial charge in [0.25, 0.3) is 0 Å². The van der Waals surface area contributed by atoms with Crippen LogP contribution in [0.5, 0.6) is 0 Å². The van der Waals surface area contributed by atoms with Crippen molar-refractivity contribution in [2.24, 2.45) is 0 Å². The van der Waals surface area contributed by atoms with Crippen molar-refractivity contribution in [1.29, 1.82) is 0 Å². The molecule has 0 fully saturated rings. The van der Waals surface area contributed by atoms with E-state index < -0.39 is 0 Å². The molecule has 0 saturated carbocycles. The lowest BCUT2D eigenvalue weighted by Gasteiger charge is -2.39. The first-order valence-electron chi connectivity index (χ1n) is 4.55. The van der Waals surface area contributed by atoms with Crippen molar-refractivity contribution in [3.8, 4) is 0 Å². The minimum Gasteiger partial charge on any atom is -0.308 e. The van der Waals surface area contributed by atoms with Crippen molar-refractivity contribution in [3.63, 3.8) is 0 Å². The molecule has 0 atom stereocenters. The molecule has 0 radical (unpaired) electrons. The molecule has 0 bridgehead atoms. The molecular formula is C10H22N2. The lowest BCUT2D eigenvalue weighted by molar-refractivity contribution is -0.0181. The molecule has 0 amide bonds. The molecule has 0 aromatic rings. The molecule has 0 saturated heterocycles. The van der Waals surface area contributed by atoms with E-state index in [9.17, 15) is 0 Å². The Morgan fingerprint density at radius 1 is 1.08 bits per heavy atom. The smallest absolute Gasteiger partial charge is 0.0397 e. The zero-order valence-corrected chi connectivity index (χ0v) is 9.26. The first-order chi connectivity index (χ1) is 5.37. The maximum absolute atomic E-state index is 3.96. The second-order valence-electron chi connectivity index (χ2n) is 3.84. The number of hydrogen-bond donors (Lipinski definition) is 0. The molecule has 0 aliphatic heterocycles. The van der Waals surface area contributed by atoms with Crippen LogP contribution in [0.2, 0.25) is 0 Å². The van der Waals surface area contributed by atoms with E-state index in [1.807, 2.05) is 6.92 Å². The van der Waals surface area contributed by atoms with Crippen LogP contribution < -0.4 is 0 Å². The fourth-order valence-electron chi connectivity index (χ4n) is 1.32. The van der Waals surface area contributed by atoms with Crippen molar-refractivity contribution >= 4 is 0 Å². The minimum absolute atomic E-state index is 0.481. The summed E-state index contributed by atoms with van der Waals surface area (Å²) in [5.41, 5.74) is 1.10. The molecule has 0 aliphatic rings. The van der Waals surface area contributed by atoms with E-state index in [0.717, 1.165) is 5.70 Å². The molecular weight excluding hydrogens is 148 g/mol. The molecule has 0 aliphatic carbocycles. The summed E-state index contributed by atoms with van der Waals surface area (Å²) < 4.78 is 0. The van der Waals surface area contributed by atoms with Gasteiger partial charge in [0.05, 0.1) is 0 Å². The summed E-state index contributed by atoms with van der Waals surface area (Å²) >= 11 is 0. The maximum atomic E-state index is 3.96. The number of hydrazine groups is 1. The van der Waals surface area contributed by atoms with Crippen LogP contribution in [0.4, 0.5) is 0 Å². The van der Waals surface area contributed by atoms with Crippen LogP contribution >= 0.6 is 0 Å². The molecule has 0 rings (SSSR count). The molecule has 0 N–H and O–H groups in total. The molecule has 12 heavy (non-hydrogen) atoms. The Morgan fingerprint density at radius 2 is 1.50 bits per heavy atom. The summed E-state index contributed by atoms with van der Waals surface area (Å²) in [7, 11) is 2.10. The second kappa shape index (κ2) is 4.51. The first-order valence-corrected chi connectivity index (χ1v) is 4.55. The van der Waals surface area contributed by atoms with E-state index >= 15 is 0 Å². The predicted octanol–water partition coefficient (Wildman–Crippen LogP) is 2.49. The van der Waals surface area contributed by atoms with E-state index in [0.29, 0.717) is 12.1 Å². The Bertz CT molecular complexity index is 150. The molecule has 2 heteroatoms. The topological polar surface area (TPSA) is 6.48 Å². The lowest BCUT2D eigenvalue weighted by atomic mass is 10.3. The van der Waals surface area contributed by atoms with Gasteiger partial charge in [-0.25, -0.2) is 5.01 Å². The molecule has 72 valence electrons. The largest absolute Gasteiger partial charge is 0.308 e. The van der Waals surface area contributed by atoms with Gasteiger partial charge in [-0.05, 0) is 34.6 Å². The van der Waals surface area contributed by atoms with E-state index in [4.69, 9.17) is 0 Å². The lowest BCUT2D eigenvalue weighted by Crippen LogP contribution is -2.46. The summed E-state index contributed by atoms with van der Waals surface area (Å²) in [6.07, 6.45) is 0. The van der Waals surface area contributed by atoms with Crippen LogP contribution in [0.1, 0.15) is 34.6 Å². The third-order valence-corrected chi connectivity index (χ3v) is 1.97. The average molecular weight is 170 g/mol. The van der Waals surface area contributed by atoms with E-state index in [2.05, 4.69) is 51.3 Å². The first kappa shape index (κ1) is 11.5. The number of rotatable bonds is 4. The summed E-state index contributed by atoms with van der Waals surface area (Å²) in [5.74, 6) is 0. The molecule has 0 aromatic carbocycles. The van der Waals surface area contributed by atoms with Gasteiger partial charge in [-0.3, -0.25) is 0 Å². The van der Waals surface area contributed by atoms with Crippen LogP contribution in [0.25, 0.3) is 0 Å². The third-order valence-electron chi connectivity index (χ3n) is 1.97.